The normalized spacial score (nSPS) is 11.0. The number of nitrogens with one attached hydrogen (secondary N) is 2. The first-order valence-corrected chi connectivity index (χ1v) is 9.64. The van der Waals surface area contributed by atoms with E-state index in [0.29, 0.717) is 24.9 Å². The average Bonchev–Trinajstić information content (AvgIpc) is 2.72. The minimum Gasteiger partial charge on any atom is -0.493 e. The van der Waals surface area contributed by atoms with Crippen LogP contribution >= 0.6 is 24.0 Å². The predicted octanol–water partition coefficient (Wildman–Crippen LogP) is 4.35. The summed E-state index contributed by atoms with van der Waals surface area (Å²) >= 11 is 0. The maximum atomic E-state index is 5.56. The van der Waals surface area contributed by atoms with Gasteiger partial charge >= 0.3 is 0 Å². The van der Waals surface area contributed by atoms with Crippen LogP contribution in [0.5, 0.6) is 11.5 Å². The fourth-order valence-corrected chi connectivity index (χ4v) is 2.78. The Labute approximate surface area is 191 Å². The van der Waals surface area contributed by atoms with Crippen molar-refractivity contribution >= 4 is 35.6 Å². The molecule has 0 radical (unpaired) electrons. The lowest BCUT2D eigenvalue weighted by Gasteiger charge is -2.16. The lowest BCUT2D eigenvalue weighted by molar-refractivity contribution is 0.311. The third kappa shape index (κ3) is 8.10. The zero-order chi connectivity index (χ0) is 20.4. The summed E-state index contributed by atoms with van der Waals surface area (Å²) in [4.78, 5) is 6.59. The van der Waals surface area contributed by atoms with Crippen LogP contribution in [-0.2, 0) is 13.1 Å². The SMILES string of the molecule is CCOc1ccc(NC(=NC)NCc2cccc(CN(C)CC)c2)cc1OC.I. The fraction of sp³-hybridized carbons (Fsp3) is 0.409. The number of anilines is 1. The monoisotopic (exact) mass is 512 g/mol. The van der Waals surface area contributed by atoms with Crippen molar-refractivity contribution in [3.8, 4) is 11.5 Å². The standard InChI is InChI=1S/C22H32N4O2.HI/c1-6-26(4)16-18-10-8-9-17(13-18)15-24-22(23-3)25-19-11-12-20(28-7-2)21(14-19)27-5;/h8-14H,6-7,15-16H2,1-5H3,(H2,23,24,25);1H. The zero-order valence-corrected chi connectivity index (χ0v) is 20.3. The van der Waals surface area contributed by atoms with Crippen molar-refractivity contribution in [1.29, 1.82) is 0 Å². The molecule has 0 heterocycles. The van der Waals surface area contributed by atoms with Gasteiger partial charge < -0.3 is 25.0 Å². The smallest absolute Gasteiger partial charge is 0.195 e. The summed E-state index contributed by atoms with van der Waals surface area (Å²) in [6, 6.07) is 14.4. The fourth-order valence-electron chi connectivity index (χ4n) is 2.78. The van der Waals surface area contributed by atoms with E-state index in [0.717, 1.165) is 24.5 Å². The van der Waals surface area contributed by atoms with Gasteiger partial charge in [0.1, 0.15) is 0 Å². The molecule has 0 amide bonds. The molecule has 0 bridgehead atoms. The third-order valence-electron chi connectivity index (χ3n) is 4.39. The van der Waals surface area contributed by atoms with Crippen LogP contribution in [0.1, 0.15) is 25.0 Å². The van der Waals surface area contributed by atoms with Crippen molar-refractivity contribution in [1.82, 2.24) is 10.2 Å². The van der Waals surface area contributed by atoms with E-state index < -0.39 is 0 Å². The van der Waals surface area contributed by atoms with Crippen LogP contribution in [0.25, 0.3) is 0 Å². The number of halogens is 1. The molecule has 160 valence electrons. The number of hydrogen-bond acceptors (Lipinski definition) is 4. The Morgan fingerprint density at radius 3 is 2.48 bits per heavy atom. The molecule has 2 aromatic carbocycles. The molecule has 0 atom stereocenters. The van der Waals surface area contributed by atoms with Crippen LogP contribution in [0.3, 0.4) is 0 Å². The van der Waals surface area contributed by atoms with Gasteiger partial charge in [-0.25, -0.2) is 0 Å². The average molecular weight is 512 g/mol. The number of aliphatic imine (C=N–C) groups is 1. The minimum atomic E-state index is 0. The maximum absolute atomic E-state index is 5.56. The van der Waals surface area contributed by atoms with Crippen LogP contribution in [0.15, 0.2) is 47.5 Å². The van der Waals surface area contributed by atoms with Crippen molar-refractivity contribution in [3.63, 3.8) is 0 Å². The highest BCUT2D eigenvalue weighted by atomic mass is 127. The van der Waals surface area contributed by atoms with E-state index in [1.165, 1.54) is 11.1 Å². The van der Waals surface area contributed by atoms with Gasteiger partial charge in [-0.2, -0.15) is 0 Å². The van der Waals surface area contributed by atoms with Gasteiger partial charge in [-0.3, -0.25) is 4.99 Å². The van der Waals surface area contributed by atoms with E-state index in [1.807, 2.05) is 25.1 Å². The van der Waals surface area contributed by atoms with Gasteiger partial charge in [-0.15, -0.1) is 24.0 Å². The lowest BCUT2D eigenvalue weighted by atomic mass is 10.1. The minimum absolute atomic E-state index is 0. The molecule has 0 saturated heterocycles. The van der Waals surface area contributed by atoms with Gasteiger partial charge in [-0.05, 0) is 43.8 Å². The quantitative estimate of drug-likeness (QED) is 0.297. The number of benzene rings is 2. The predicted molar refractivity (Wildman–Crippen MR) is 132 cm³/mol. The largest absolute Gasteiger partial charge is 0.493 e. The summed E-state index contributed by atoms with van der Waals surface area (Å²) < 4.78 is 11.0. The highest BCUT2D eigenvalue weighted by Gasteiger charge is 2.07. The summed E-state index contributed by atoms with van der Waals surface area (Å²) in [6.07, 6.45) is 0. The molecular formula is C22H33IN4O2. The second kappa shape index (κ2) is 13.3. The van der Waals surface area contributed by atoms with Crippen molar-refractivity contribution in [2.24, 2.45) is 4.99 Å². The molecule has 0 fully saturated rings. The molecule has 0 spiro atoms. The van der Waals surface area contributed by atoms with Gasteiger partial charge in [0.05, 0.1) is 13.7 Å². The van der Waals surface area contributed by atoms with E-state index in [1.54, 1.807) is 14.2 Å². The molecule has 0 aliphatic rings. The van der Waals surface area contributed by atoms with Crippen LogP contribution in [0, 0.1) is 0 Å². The summed E-state index contributed by atoms with van der Waals surface area (Å²) in [7, 11) is 5.52. The maximum Gasteiger partial charge on any atom is 0.195 e. The molecule has 29 heavy (non-hydrogen) atoms. The molecule has 6 nitrogen and oxygen atoms in total. The number of nitrogens with zero attached hydrogens (tertiary/aromatic N) is 2. The van der Waals surface area contributed by atoms with Crippen molar-refractivity contribution in [3.05, 3.63) is 53.6 Å². The summed E-state index contributed by atoms with van der Waals surface area (Å²) in [5, 5.41) is 6.65. The molecule has 2 N–H and O–H groups in total. The molecule has 0 aromatic heterocycles. The topological polar surface area (TPSA) is 58.1 Å². The Morgan fingerprint density at radius 1 is 1.07 bits per heavy atom. The Balaban J connectivity index is 0.00000420. The van der Waals surface area contributed by atoms with Crippen LogP contribution < -0.4 is 20.1 Å². The molecule has 7 heteroatoms. The first-order chi connectivity index (χ1) is 13.6. The Kier molecular flexibility index (Phi) is 11.5. The summed E-state index contributed by atoms with van der Waals surface area (Å²) in [5.41, 5.74) is 3.41. The van der Waals surface area contributed by atoms with E-state index >= 15 is 0 Å². The Bertz CT molecular complexity index is 783. The number of rotatable bonds is 9. The number of methoxy groups -OCH3 is 1. The molecule has 2 aromatic rings. The van der Waals surface area contributed by atoms with Crippen molar-refractivity contribution in [2.45, 2.75) is 26.9 Å². The van der Waals surface area contributed by atoms with E-state index in [2.05, 4.69) is 58.8 Å². The molecule has 2 rings (SSSR count). The van der Waals surface area contributed by atoms with Crippen molar-refractivity contribution in [2.75, 3.05) is 39.7 Å². The summed E-state index contributed by atoms with van der Waals surface area (Å²) in [5.74, 6) is 2.12. The molecule has 0 aliphatic carbocycles. The van der Waals surface area contributed by atoms with E-state index in [9.17, 15) is 0 Å². The van der Waals surface area contributed by atoms with Crippen molar-refractivity contribution < 1.29 is 9.47 Å². The highest BCUT2D eigenvalue weighted by Crippen LogP contribution is 2.30. The van der Waals surface area contributed by atoms with Gasteiger partial charge in [0.25, 0.3) is 0 Å². The molecule has 0 unspecified atom stereocenters. The summed E-state index contributed by atoms with van der Waals surface area (Å²) in [6.45, 7) is 7.38. The molecule has 0 saturated carbocycles. The van der Waals surface area contributed by atoms with Gasteiger partial charge in [-0.1, -0.05) is 31.2 Å². The molecule has 0 aliphatic heterocycles. The van der Waals surface area contributed by atoms with Gasteiger partial charge in [0.2, 0.25) is 0 Å². The second-order valence-corrected chi connectivity index (χ2v) is 6.50. The van der Waals surface area contributed by atoms with Crippen LogP contribution in [0.2, 0.25) is 0 Å². The van der Waals surface area contributed by atoms with E-state index in [4.69, 9.17) is 9.47 Å². The van der Waals surface area contributed by atoms with Crippen LogP contribution in [0.4, 0.5) is 5.69 Å². The van der Waals surface area contributed by atoms with Gasteiger partial charge in [0, 0.05) is 31.9 Å². The van der Waals surface area contributed by atoms with E-state index in [-0.39, 0.29) is 24.0 Å². The number of guanidine groups is 1. The highest BCUT2D eigenvalue weighted by molar-refractivity contribution is 14.0. The third-order valence-corrected chi connectivity index (χ3v) is 4.39. The zero-order valence-electron chi connectivity index (χ0n) is 18.0. The first kappa shape index (κ1) is 25.0. The second-order valence-electron chi connectivity index (χ2n) is 6.50. The first-order valence-electron chi connectivity index (χ1n) is 9.64. The Morgan fingerprint density at radius 2 is 1.83 bits per heavy atom. The van der Waals surface area contributed by atoms with Crippen LogP contribution in [-0.4, -0.2) is 45.2 Å². The number of hydrogen-bond donors (Lipinski definition) is 2. The van der Waals surface area contributed by atoms with Gasteiger partial charge in [0.15, 0.2) is 17.5 Å². The Hall–Kier alpha value is -2.00. The molecular weight excluding hydrogens is 479 g/mol. The number of ether oxygens (including phenoxy) is 2. The lowest BCUT2D eigenvalue weighted by Crippen LogP contribution is -2.30.